The summed E-state index contributed by atoms with van der Waals surface area (Å²) in [5, 5.41) is 26.8. The molecule has 0 saturated carbocycles. The van der Waals surface area contributed by atoms with Crippen molar-refractivity contribution >= 4 is 62.5 Å². The Bertz CT molecular complexity index is 1210. The number of hydrogen-bond acceptors (Lipinski definition) is 9. The molecule has 1 aliphatic rings. The summed E-state index contributed by atoms with van der Waals surface area (Å²) in [6, 6.07) is 5.84. The van der Waals surface area contributed by atoms with Gasteiger partial charge in [0.2, 0.25) is 5.75 Å². The smallest absolute Gasteiger partial charge is 0.318 e. The molecule has 32 heavy (non-hydrogen) atoms. The fraction of sp³-hybridized carbons (Fsp3) is 0.0556. The van der Waals surface area contributed by atoms with Crippen molar-refractivity contribution in [1.82, 2.24) is 10.6 Å². The molecule has 1 fully saturated rings. The summed E-state index contributed by atoms with van der Waals surface area (Å²) in [4.78, 5) is 44.8. The van der Waals surface area contributed by atoms with E-state index in [9.17, 15) is 29.8 Å². The van der Waals surface area contributed by atoms with Crippen molar-refractivity contribution < 1.29 is 28.9 Å². The normalized spacial score (nSPS) is 13.2. The van der Waals surface area contributed by atoms with Crippen LogP contribution in [0.4, 0.5) is 11.4 Å². The van der Waals surface area contributed by atoms with E-state index in [1.165, 1.54) is 25.3 Å². The van der Waals surface area contributed by atoms with Gasteiger partial charge in [0.05, 0.1) is 27.5 Å². The van der Waals surface area contributed by atoms with E-state index in [0.29, 0.717) is 5.56 Å². The number of carbonyl (C=O) groups excluding carboxylic acids is 2. The van der Waals surface area contributed by atoms with E-state index >= 15 is 0 Å². The highest BCUT2D eigenvalue weighted by Gasteiger charge is 2.27. The molecule has 0 atom stereocenters. The molecule has 0 bridgehead atoms. The summed E-state index contributed by atoms with van der Waals surface area (Å²) in [7, 11) is 1.31. The van der Waals surface area contributed by atoms with Gasteiger partial charge < -0.3 is 9.47 Å². The molecule has 2 aromatic rings. The van der Waals surface area contributed by atoms with E-state index in [2.05, 4.69) is 26.6 Å². The molecular weight excluding hydrogens is 512 g/mol. The summed E-state index contributed by atoms with van der Waals surface area (Å²) in [6.45, 7) is 0. The first kappa shape index (κ1) is 22.8. The Morgan fingerprint density at radius 2 is 1.69 bits per heavy atom. The van der Waals surface area contributed by atoms with Crippen molar-refractivity contribution in [2.45, 2.75) is 0 Å². The van der Waals surface area contributed by atoms with Gasteiger partial charge in [0.15, 0.2) is 16.6 Å². The predicted molar refractivity (Wildman–Crippen MR) is 117 cm³/mol. The molecule has 14 heteroatoms. The number of thiocarbonyl (C=S) groups is 1. The molecular formula is C18H11BrN4O8S. The van der Waals surface area contributed by atoms with E-state index in [0.717, 1.165) is 18.2 Å². The van der Waals surface area contributed by atoms with Gasteiger partial charge in [0.25, 0.3) is 17.5 Å². The van der Waals surface area contributed by atoms with Crippen LogP contribution in [-0.2, 0) is 9.59 Å². The van der Waals surface area contributed by atoms with Crippen LogP contribution in [0.5, 0.6) is 17.2 Å². The summed E-state index contributed by atoms with van der Waals surface area (Å²) in [5.74, 6) is -1.49. The van der Waals surface area contributed by atoms with Crippen molar-refractivity contribution in [2.24, 2.45) is 0 Å². The van der Waals surface area contributed by atoms with Gasteiger partial charge in [-0.15, -0.1) is 0 Å². The van der Waals surface area contributed by atoms with E-state index in [1.807, 2.05) is 0 Å². The van der Waals surface area contributed by atoms with Crippen LogP contribution in [0.15, 0.2) is 40.4 Å². The molecule has 2 N–H and O–H groups in total. The van der Waals surface area contributed by atoms with Crippen LogP contribution in [-0.4, -0.2) is 33.9 Å². The van der Waals surface area contributed by atoms with Gasteiger partial charge in [-0.25, -0.2) is 0 Å². The number of nitrogens with one attached hydrogen (secondary N) is 2. The molecule has 3 rings (SSSR count). The quantitative estimate of drug-likeness (QED) is 0.191. The maximum Gasteiger partial charge on any atom is 0.318 e. The minimum absolute atomic E-state index is 0.0327. The number of methoxy groups -OCH3 is 1. The first-order chi connectivity index (χ1) is 15.1. The van der Waals surface area contributed by atoms with Crippen molar-refractivity contribution in [3.8, 4) is 17.2 Å². The summed E-state index contributed by atoms with van der Waals surface area (Å²) < 4.78 is 11.2. The minimum atomic E-state index is -0.813. The van der Waals surface area contributed by atoms with Gasteiger partial charge in [0, 0.05) is 6.07 Å². The lowest BCUT2D eigenvalue weighted by molar-refractivity contribution is -0.394. The number of hydrogen-bond donors (Lipinski definition) is 2. The zero-order chi connectivity index (χ0) is 23.6. The Balaban J connectivity index is 2.02. The average molecular weight is 523 g/mol. The van der Waals surface area contributed by atoms with Gasteiger partial charge in [-0.3, -0.25) is 40.5 Å². The highest BCUT2D eigenvalue weighted by molar-refractivity contribution is 9.10. The second kappa shape index (κ2) is 9.07. The first-order valence-corrected chi connectivity index (χ1v) is 9.67. The number of nitro benzene ring substituents is 2. The zero-order valence-corrected chi connectivity index (χ0v) is 18.3. The lowest BCUT2D eigenvalue weighted by Crippen LogP contribution is -2.51. The lowest BCUT2D eigenvalue weighted by Gasteiger charge is -2.17. The second-order valence-electron chi connectivity index (χ2n) is 6.10. The Kier molecular flexibility index (Phi) is 6.45. The average Bonchev–Trinajstić information content (AvgIpc) is 2.72. The molecule has 1 heterocycles. The molecule has 2 amide bonds. The third-order valence-electron chi connectivity index (χ3n) is 4.07. The Hall–Kier alpha value is -3.91. The third-order valence-corrected chi connectivity index (χ3v) is 4.86. The van der Waals surface area contributed by atoms with Crippen LogP contribution in [0.3, 0.4) is 0 Å². The number of nitro groups is 2. The van der Waals surface area contributed by atoms with Gasteiger partial charge in [-0.05, 0) is 58.0 Å². The SMILES string of the molecule is COc1cc(C=C2C(=O)NC(=S)NC2=O)cc(Br)c1Oc1ccc([N+](=O)[O-])cc1[N+](=O)[O-]. The predicted octanol–water partition coefficient (Wildman–Crippen LogP) is 2.98. The molecule has 2 aromatic carbocycles. The van der Waals surface area contributed by atoms with Crippen LogP contribution >= 0.6 is 28.1 Å². The summed E-state index contributed by atoms with van der Waals surface area (Å²) in [5.41, 5.74) is -0.925. The van der Waals surface area contributed by atoms with Crippen molar-refractivity contribution in [1.29, 1.82) is 0 Å². The molecule has 0 unspecified atom stereocenters. The number of benzene rings is 2. The number of rotatable bonds is 6. The standard InChI is InChI=1S/C18H11BrN4O8S/c1-30-14-6-8(4-10-16(24)20-18(32)21-17(10)25)5-11(19)15(14)31-13-3-2-9(22(26)27)7-12(13)23(28)29/h2-7H,1H3,(H2,20,21,24,25,32). The first-order valence-electron chi connectivity index (χ1n) is 8.47. The molecule has 164 valence electrons. The fourth-order valence-electron chi connectivity index (χ4n) is 2.65. The Morgan fingerprint density at radius 1 is 1.03 bits per heavy atom. The van der Waals surface area contributed by atoms with Crippen LogP contribution < -0.4 is 20.1 Å². The lowest BCUT2D eigenvalue weighted by atomic mass is 10.1. The molecule has 1 aliphatic heterocycles. The Labute approximate surface area is 192 Å². The fourth-order valence-corrected chi connectivity index (χ4v) is 3.38. The highest BCUT2D eigenvalue weighted by Crippen LogP contribution is 2.43. The van der Waals surface area contributed by atoms with E-state index in [-0.39, 0.29) is 32.4 Å². The third kappa shape index (κ3) is 4.70. The molecule has 0 aliphatic carbocycles. The number of non-ortho nitro benzene ring substituents is 1. The maximum atomic E-state index is 12.0. The summed E-state index contributed by atoms with van der Waals surface area (Å²) in [6.07, 6.45) is 1.29. The van der Waals surface area contributed by atoms with Crippen molar-refractivity contribution in [3.05, 3.63) is 66.2 Å². The van der Waals surface area contributed by atoms with Crippen molar-refractivity contribution in [3.63, 3.8) is 0 Å². The van der Waals surface area contributed by atoms with Gasteiger partial charge in [-0.1, -0.05) is 0 Å². The monoisotopic (exact) mass is 522 g/mol. The van der Waals surface area contributed by atoms with Gasteiger partial charge >= 0.3 is 5.69 Å². The van der Waals surface area contributed by atoms with Crippen LogP contribution in [0.25, 0.3) is 6.08 Å². The molecule has 0 aromatic heterocycles. The number of amides is 2. The topological polar surface area (TPSA) is 163 Å². The molecule has 12 nitrogen and oxygen atoms in total. The number of nitrogens with zero attached hydrogens (tertiary/aromatic N) is 2. The molecule has 0 spiro atoms. The van der Waals surface area contributed by atoms with E-state index in [4.69, 9.17) is 21.7 Å². The maximum absolute atomic E-state index is 12.0. The number of ether oxygens (including phenoxy) is 2. The molecule has 0 radical (unpaired) electrons. The number of halogens is 1. The van der Waals surface area contributed by atoms with E-state index < -0.39 is 33.0 Å². The zero-order valence-electron chi connectivity index (χ0n) is 15.9. The van der Waals surface area contributed by atoms with E-state index in [1.54, 1.807) is 0 Å². The second-order valence-corrected chi connectivity index (χ2v) is 7.36. The highest BCUT2D eigenvalue weighted by atomic mass is 79.9. The summed E-state index contributed by atoms with van der Waals surface area (Å²) >= 11 is 8.01. The van der Waals surface area contributed by atoms with Gasteiger partial charge in [-0.2, -0.15) is 0 Å². The van der Waals surface area contributed by atoms with Crippen LogP contribution in [0, 0.1) is 20.2 Å². The minimum Gasteiger partial charge on any atom is -0.493 e. The molecule has 1 saturated heterocycles. The number of carbonyl (C=O) groups is 2. The van der Waals surface area contributed by atoms with Gasteiger partial charge in [0.1, 0.15) is 5.57 Å². The largest absolute Gasteiger partial charge is 0.493 e. The van der Waals surface area contributed by atoms with Crippen LogP contribution in [0.2, 0.25) is 0 Å². The van der Waals surface area contributed by atoms with Crippen molar-refractivity contribution in [2.75, 3.05) is 7.11 Å². The Morgan fingerprint density at radius 3 is 2.25 bits per heavy atom. The van der Waals surface area contributed by atoms with Crippen LogP contribution in [0.1, 0.15) is 5.56 Å².